The number of aliphatic hydroxyl groups excluding tert-OH is 1. The van der Waals surface area contributed by atoms with Crippen molar-refractivity contribution in [3.8, 4) is 0 Å². The van der Waals surface area contributed by atoms with E-state index in [1.807, 2.05) is 6.92 Å². The van der Waals surface area contributed by atoms with E-state index in [4.69, 9.17) is 4.74 Å². The van der Waals surface area contributed by atoms with E-state index in [0.717, 1.165) is 18.7 Å². The molecule has 16 heavy (non-hydrogen) atoms. The highest BCUT2D eigenvalue weighted by Crippen LogP contribution is 2.36. The summed E-state index contributed by atoms with van der Waals surface area (Å²) >= 11 is 0. The molecule has 5 heteroatoms. The molecular weight excluding hydrogens is 206 g/mol. The number of nitrogens with zero attached hydrogens (tertiary/aromatic N) is 3. The van der Waals surface area contributed by atoms with E-state index in [1.165, 1.54) is 12.8 Å². The van der Waals surface area contributed by atoms with Crippen LogP contribution >= 0.6 is 0 Å². The molecule has 1 unspecified atom stereocenters. The van der Waals surface area contributed by atoms with Gasteiger partial charge in [0.05, 0.1) is 6.10 Å². The van der Waals surface area contributed by atoms with E-state index in [9.17, 15) is 5.11 Å². The summed E-state index contributed by atoms with van der Waals surface area (Å²) in [4.78, 5) is 0. The second-order valence-electron chi connectivity index (χ2n) is 4.38. The normalized spacial score (nSPS) is 17.7. The maximum Gasteiger partial charge on any atom is 0.159 e. The first kappa shape index (κ1) is 11.5. The molecule has 90 valence electrons. The Morgan fingerprint density at radius 1 is 1.44 bits per heavy atom. The summed E-state index contributed by atoms with van der Waals surface area (Å²) in [5.41, 5.74) is 0. The molecular formula is C11H19N3O2. The van der Waals surface area contributed by atoms with E-state index in [1.54, 1.807) is 7.11 Å². The molecule has 0 saturated heterocycles. The first-order valence-electron chi connectivity index (χ1n) is 5.82. The van der Waals surface area contributed by atoms with Crippen molar-refractivity contribution in [2.45, 2.75) is 51.4 Å². The third-order valence-corrected chi connectivity index (χ3v) is 3.07. The van der Waals surface area contributed by atoms with Crippen molar-refractivity contribution in [1.29, 1.82) is 0 Å². The minimum absolute atomic E-state index is 0.0245. The fourth-order valence-electron chi connectivity index (χ4n) is 1.84. The van der Waals surface area contributed by atoms with Crippen LogP contribution in [0.4, 0.5) is 0 Å². The monoisotopic (exact) mass is 225 g/mol. The maximum absolute atomic E-state index is 9.18. The van der Waals surface area contributed by atoms with Gasteiger partial charge in [-0.05, 0) is 26.2 Å². The van der Waals surface area contributed by atoms with Crippen molar-refractivity contribution in [2.24, 2.45) is 0 Å². The molecule has 0 bridgehead atoms. The van der Waals surface area contributed by atoms with Gasteiger partial charge in [0.1, 0.15) is 12.4 Å². The van der Waals surface area contributed by atoms with Crippen LogP contribution in [0.15, 0.2) is 0 Å². The molecule has 2 rings (SSSR count). The molecule has 1 saturated carbocycles. The standard InChI is InChI=1S/C11H19N3O2/c1-8(16-2)3-6-10-12-13-11(7-15)14(10)9-4-5-9/h8-9,15H,3-7H2,1-2H3. The van der Waals surface area contributed by atoms with Crippen molar-refractivity contribution in [2.75, 3.05) is 7.11 Å². The quantitative estimate of drug-likeness (QED) is 0.786. The van der Waals surface area contributed by atoms with Gasteiger partial charge in [-0.25, -0.2) is 0 Å². The Bertz CT molecular complexity index is 347. The predicted molar refractivity (Wildman–Crippen MR) is 59.0 cm³/mol. The van der Waals surface area contributed by atoms with Crippen LogP contribution in [0.1, 0.15) is 43.9 Å². The molecule has 0 radical (unpaired) electrons. The number of hydrogen-bond donors (Lipinski definition) is 1. The van der Waals surface area contributed by atoms with E-state index < -0.39 is 0 Å². The second kappa shape index (κ2) is 4.93. The molecule has 0 aromatic carbocycles. The van der Waals surface area contributed by atoms with Gasteiger partial charge in [-0.2, -0.15) is 0 Å². The summed E-state index contributed by atoms with van der Waals surface area (Å²) in [6.07, 6.45) is 4.39. The molecule has 1 aromatic heterocycles. The lowest BCUT2D eigenvalue weighted by molar-refractivity contribution is 0.110. The maximum atomic E-state index is 9.18. The second-order valence-corrected chi connectivity index (χ2v) is 4.38. The van der Waals surface area contributed by atoms with Crippen LogP contribution in [0.25, 0.3) is 0 Å². The van der Waals surface area contributed by atoms with Gasteiger partial charge in [0.25, 0.3) is 0 Å². The van der Waals surface area contributed by atoms with Crippen molar-refractivity contribution in [3.63, 3.8) is 0 Å². The highest BCUT2D eigenvalue weighted by atomic mass is 16.5. The summed E-state index contributed by atoms with van der Waals surface area (Å²) < 4.78 is 7.31. The number of aromatic nitrogens is 3. The molecule has 0 amide bonds. The Morgan fingerprint density at radius 3 is 2.69 bits per heavy atom. The van der Waals surface area contributed by atoms with Crippen LogP contribution in [0.3, 0.4) is 0 Å². The van der Waals surface area contributed by atoms with Crippen LogP contribution in [-0.2, 0) is 17.8 Å². The summed E-state index contributed by atoms with van der Waals surface area (Å²) in [7, 11) is 1.72. The lowest BCUT2D eigenvalue weighted by Gasteiger charge is -2.10. The summed E-state index contributed by atoms with van der Waals surface area (Å²) in [5.74, 6) is 1.68. The summed E-state index contributed by atoms with van der Waals surface area (Å²) in [6, 6.07) is 0.519. The molecule has 0 aliphatic heterocycles. The number of ether oxygens (including phenoxy) is 1. The number of rotatable bonds is 6. The Labute approximate surface area is 95.4 Å². The zero-order valence-corrected chi connectivity index (χ0v) is 9.89. The minimum atomic E-state index is -0.0245. The van der Waals surface area contributed by atoms with E-state index in [0.29, 0.717) is 11.9 Å². The fraction of sp³-hybridized carbons (Fsp3) is 0.818. The van der Waals surface area contributed by atoms with Gasteiger partial charge in [0.2, 0.25) is 0 Å². The summed E-state index contributed by atoms with van der Waals surface area (Å²) in [6.45, 7) is 2.02. The zero-order chi connectivity index (χ0) is 11.5. The third-order valence-electron chi connectivity index (χ3n) is 3.07. The minimum Gasteiger partial charge on any atom is -0.388 e. The van der Waals surface area contributed by atoms with Crippen molar-refractivity contribution in [3.05, 3.63) is 11.6 Å². The van der Waals surface area contributed by atoms with Crippen LogP contribution in [0.5, 0.6) is 0 Å². The molecule has 1 fully saturated rings. The molecule has 1 heterocycles. The van der Waals surface area contributed by atoms with E-state index in [-0.39, 0.29) is 12.7 Å². The van der Waals surface area contributed by atoms with Gasteiger partial charge in [-0.3, -0.25) is 0 Å². The molecule has 5 nitrogen and oxygen atoms in total. The van der Waals surface area contributed by atoms with Crippen molar-refractivity contribution in [1.82, 2.24) is 14.8 Å². The van der Waals surface area contributed by atoms with Crippen molar-refractivity contribution >= 4 is 0 Å². The Morgan fingerprint density at radius 2 is 2.12 bits per heavy atom. The average Bonchev–Trinajstić information content (AvgIpc) is 3.06. The number of aryl methyl sites for hydroxylation is 1. The molecule has 1 aliphatic rings. The predicted octanol–water partition coefficient (Wildman–Crippen LogP) is 1.07. The lowest BCUT2D eigenvalue weighted by atomic mass is 10.2. The third kappa shape index (κ3) is 2.41. The molecule has 1 aromatic rings. The van der Waals surface area contributed by atoms with Gasteiger partial charge in [0.15, 0.2) is 5.82 Å². The van der Waals surface area contributed by atoms with Gasteiger partial charge in [0, 0.05) is 19.6 Å². The average molecular weight is 225 g/mol. The zero-order valence-electron chi connectivity index (χ0n) is 9.89. The van der Waals surface area contributed by atoms with Gasteiger partial charge in [-0.15, -0.1) is 10.2 Å². The summed E-state index contributed by atoms with van der Waals surface area (Å²) in [5, 5.41) is 17.4. The van der Waals surface area contributed by atoms with E-state index in [2.05, 4.69) is 14.8 Å². The molecule has 1 atom stereocenters. The van der Waals surface area contributed by atoms with Crippen LogP contribution in [0.2, 0.25) is 0 Å². The fourth-order valence-corrected chi connectivity index (χ4v) is 1.84. The Kier molecular flexibility index (Phi) is 3.56. The highest BCUT2D eigenvalue weighted by molar-refractivity contribution is 5.02. The Balaban J connectivity index is 2.05. The first-order chi connectivity index (χ1) is 7.76. The first-order valence-corrected chi connectivity index (χ1v) is 5.82. The van der Waals surface area contributed by atoms with Gasteiger partial charge >= 0.3 is 0 Å². The lowest BCUT2D eigenvalue weighted by Crippen LogP contribution is -2.11. The van der Waals surface area contributed by atoms with Crippen LogP contribution in [-0.4, -0.2) is 33.1 Å². The van der Waals surface area contributed by atoms with Crippen LogP contribution < -0.4 is 0 Å². The van der Waals surface area contributed by atoms with E-state index >= 15 is 0 Å². The number of aliphatic hydroxyl groups is 1. The largest absolute Gasteiger partial charge is 0.388 e. The molecule has 0 spiro atoms. The molecule has 1 N–H and O–H groups in total. The number of hydrogen-bond acceptors (Lipinski definition) is 4. The molecule has 1 aliphatic carbocycles. The Hall–Kier alpha value is -0.940. The van der Waals surface area contributed by atoms with Gasteiger partial charge < -0.3 is 14.4 Å². The number of methoxy groups -OCH3 is 1. The van der Waals surface area contributed by atoms with Gasteiger partial charge in [-0.1, -0.05) is 0 Å². The SMILES string of the molecule is COC(C)CCc1nnc(CO)n1C1CC1. The highest BCUT2D eigenvalue weighted by Gasteiger charge is 2.28. The van der Waals surface area contributed by atoms with Crippen LogP contribution in [0, 0.1) is 0 Å². The smallest absolute Gasteiger partial charge is 0.159 e. The topological polar surface area (TPSA) is 60.2 Å². The van der Waals surface area contributed by atoms with Crippen molar-refractivity contribution < 1.29 is 9.84 Å².